The number of aliphatic hydroxyl groups excluding tert-OH is 1. The molecule has 2 aromatic carbocycles. The van der Waals surface area contributed by atoms with E-state index in [1.807, 2.05) is 49.4 Å². The van der Waals surface area contributed by atoms with Crippen LogP contribution in [-0.2, 0) is 20.9 Å². The molecule has 1 aliphatic carbocycles. The number of furan rings is 1. The van der Waals surface area contributed by atoms with E-state index in [4.69, 9.17) is 13.9 Å². The lowest BCUT2D eigenvalue weighted by Gasteiger charge is -2.31. The molecule has 1 aromatic heterocycles. The summed E-state index contributed by atoms with van der Waals surface area (Å²) in [4.78, 5) is 39.5. The molecule has 0 unspecified atom stereocenters. The Morgan fingerprint density at radius 1 is 1.09 bits per heavy atom. The van der Waals surface area contributed by atoms with Crippen molar-refractivity contribution in [2.75, 3.05) is 18.1 Å². The minimum absolute atomic E-state index is 0.159. The number of carbonyl (C=O) groups excluding carboxylic acids is 2. The van der Waals surface area contributed by atoms with Gasteiger partial charge in [0.2, 0.25) is 11.8 Å². The Morgan fingerprint density at radius 2 is 1.91 bits per heavy atom. The minimum Gasteiger partial charge on any atom is -0.489 e. The second-order valence-corrected chi connectivity index (χ2v) is 11.2. The van der Waals surface area contributed by atoms with Crippen molar-refractivity contribution < 1.29 is 33.5 Å². The molecule has 6 rings (SSSR count). The zero-order chi connectivity index (χ0) is 30.1. The van der Waals surface area contributed by atoms with Crippen molar-refractivity contribution in [2.45, 2.75) is 38.9 Å². The van der Waals surface area contributed by atoms with Gasteiger partial charge < -0.3 is 19.0 Å². The second-order valence-electron chi connectivity index (χ2n) is 11.2. The number of allylic oxidation sites excluding steroid dienone is 1. The first-order valence-electron chi connectivity index (χ1n) is 14.3. The zero-order valence-electron chi connectivity index (χ0n) is 23.7. The van der Waals surface area contributed by atoms with Crippen LogP contribution in [0.3, 0.4) is 0 Å². The number of rotatable bonds is 10. The highest BCUT2D eigenvalue weighted by Gasteiger charge is 2.57. The Hall–Kier alpha value is -4.54. The molecule has 2 amide bonds. The predicted molar refractivity (Wildman–Crippen MR) is 157 cm³/mol. The predicted octanol–water partition coefficient (Wildman–Crippen LogP) is 5.46. The van der Waals surface area contributed by atoms with Gasteiger partial charge in [-0.25, -0.2) is 4.90 Å². The van der Waals surface area contributed by atoms with Gasteiger partial charge >= 0.3 is 0 Å². The van der Waals surface area contributed by atoms with Crippen molar-refractivity contribution in [3.63, 3.8) is 0 Å². The number of fused-ring (bicyclic) bond motifs is 3. The Labute approximate surface area is 248 Å². The molecular weight excluding hydrogens is 552 g/mol. The molecule has 3 heterocycles. The SMILES string of the molecule is C/C(=C\c1ccc(CO)o1)CC[C@H]1OC[C@H]2C1=C(COc1ccccc1)C[C@H]1C(=O)N(c3cccc([N+](=O)[O-])c3)C(=O)[C@H]12. The van der Waals surface area contributed by atoms with E-state index < -0.39 is 16.8 Å². The number of carbonyl (C=O) groups is 2. The first-order chi connectivity index (χ1) is 20.8. The van der Waals surface area contributed by atoms with Crippen LogP contribution >= 0.6 is 0 Å². The van der Waals surface area contributed by atoms with E-state index in [9.17, 15) is 24.8 Å². The Kier molecular flexibility index (Phi) is 7.96. The van der Waals surface area contributed by atoms with Gasteiger partial charge in [-0.1, -0.05) is 29.8 Å². The number of imide groups is 1. The lowest BCUT2D eigenvalue weighted by Crippen LogP contribution is -2.35. The lowest BCUT2D eigenvalue weighted by atomic mass is 9.69. The fourth-order valence-corrected chi connectivity index (χ4v) is 6.52. The van der Waals surface area contributed by atoms with E-state index in [-0.39, 0.29) is 48.4 Å². The van der Waals surface area contributed by atoms with E-state index in [0.29, 0.717) is 43.1 Å². The topological polar surface area (TPSA) is 132 Å². The highest BCUT2D eigenvalue weighted by molar-refractivity contribution is 6.22. The molecule has 0 bridgehead atoms. The summed E-state index contributed by atoms with van der Waals surface area (Å²) in [6.45, 7) is 2.42. The van der Waals surface area contributed by atoms with E-state index >= 15 is 0 Å². The number of ether oxygens (including phenoxy) is 2. The molecule has 0 saturated carbocycles. The molecule has 43 heavy (non-hydrogen) atoms. The van der Waals surface area contributed by atoms with Crippen molar-refractivity contribution >= 4 is 29.3 Å². The maximum absolute atomic E-state index is 13.9. The molecule has 2 fully saturated rings. The van der Waals surface area contributed by atoms with E-state index in [1.165, 1.54) is 18.2 Å². The third-order valence-electron chi connectivity index (χ3n) is 8.49. The van der Waals surface area contributed by atoms with Crippen LogP contribution in [0.5, 0.6) is 5.75 Å². The molecule has 0 radical (unpaired) electrons. The Bertz CT molecular complexity index is 1610. The van der Waals surface area contributed by atoms with Gasteiger partial charge in [0, 0.05) is 18.1 Å². The summed E-state index contributed by atoms with van der Waals surface area (Å²) in [5, 5.41) is 20.7. The van der Waals surface area contributed by atoms with Gasteiger partial charge in [-0.3, -0.25) is 19.7 Å². The summed E-state index contributed by atoms with van der Waals surface area (Å²) in [7, 11) is 0. The normalized spacial score (nSPS) is 23.5. The van der Waals surface area contributed by atoms with Crippen LogP contribution < -0.4 is 9.64 Å². The van der Waals surface area contributed by atoms with Crippen LogP contribution in [0.2, 0.25) is 0 Å². The van der Waals surface area contributed by atoms with Gasteiger partial charge in [-0.2, -0.15) is 0 Å². The third-order valence-corrected chi connectivity index (χ3v) is 8.49. The highest BCUT2D eigenvalue weighted by Crippen LogP contribution is 2.50. The smallest absolute Gasteiger partial charge is 0.271 e. The fraction of sp³-hybridized carbons (Fsp3) is 0.333. The first kappa shape index (κ1) is 28.6. The number of para-hydroxylation sites is 1. The van der Waals surface area contributed by atoms with E-state index in [1.54, 1.807) is 12.1 Å². The van der Waals surface area contributed by atoms with Crippen LogP contribution in [0.15, 0.2) is 87.9 Å². The van der Waals surface area contributed by atoms with Crippen molar-refractivity contribution in [1.82, 2.24) is 0 Å². The molecule has 0 spiro atoms. The van der Waals surface area contributed by atoms with Gasteiger partial charge in [0.15, 0.2) is 0 Å². The summed E-state index contributed by atoms with van der Waals surface area (Å²) in [6, 6.07) is 18.6. The van der Waals surface area contributed by atoms with Crippen LogP contribution in [0.1, 0.15) is 37.7 Å². The molecule has 3 aliphatic rings. The Morgan fingerprint density at radius 3 is 2.65 bits per heavy atom. The number of hydrogen-bond donors (Lipinski definition) is 1. The van der Waals surface area contributed by atoms with Crippen molar-refractivity contribution in [3.8, 4) is 5.75 Å². The number of nitro groups is 1. The number of anilines is 1. The molecule has 4 atom stereocenters. The molecule has 10 heteroatoms. The number of amides is 2. The standard InChI is InChI=1S/C33H32N2O8/c1-20(14-25-11-12-26(17-36)43-25)10-13-29-30-21(18-41-24-8-3-2-4-9-24)15-27-31(28(30)19-42-29)33(38)34(32(27)37)22-6-5-7-23(16-22)35(39)40/h2-9,11-12,14,16,27-29,31,36H,10,13,15,17-19H2,1H3/b20-14+/t27-,28+,29-,31-/m1/s1. The van der Waals surface area contributed by atoms with Gasteiger partial charge in [-0.15, -0.1) is 0 Å². The summed E-state index contributed by atoms with van der Waals surface area (Å²) in [5.74, 6) is -0.326. The van der Waals surface area contributed by atoms with Crippen molar-refractivity contribution in [2.24, 2.45) is 17.8 Å². The number of hydrogen-bond acceptors (Lipinski definition) is 8. The third kappa shape index (κ3) is 5.63. The summed E-state index contributed by atoms with van der Waals surface area (Å²) in [6.07, 6.45) is 3.42. The fourth-order valence-electron chi connectivity index (χ4n) is 6.52. The molecule has 3 aromatic rings. The van der Waals surface area contributed by atoms with Crippen molar-refractivity contribution in [3.05, 3.63) is 105 Å². The molecule has 10 nitrogen and oxygen atoms in total. The second kappa shape index (κ2) is 12.0. The summed E-state index contributed by atoms with van der Waals surface area (Å²) >= 11 is 0. The molecule has 222 valence electrons. The molecule has 2 aliphatic heterocycles. The highest BCUT2D eigenvalue weighted by atomic mass is 16.6. The van der Waals surface area contributed by atoms with Crippen LogP contribution in [0.4, 0.5) is 11.4 Å². The minimum atomic E-state index is -0.608. The number of aliphatic hydroxyl groups is 1. The lowest BCUT2D eigenvalue weighted by molar-refractivity contribution is -0.384. The summed E-state index contributed by atoms with van der Waals surface area (Å²) in [5.41, 5.74) is 3.08. The van der Waals surface area contributed by atoms with Crippen LogP contribution in [-0.4, -0.2) is 41.2 Å². The first-order valence-corrected chi connectivity index (χ1v) is 14.3. The number of nitrogens with zero attached hydrogens (tertiary/aromatic N) is 2. The molecule has 1 N–H and O–H groups in total. The molecular formula is C33H32N2O8. The quantitative estimate of drug-likeness (QED) is 0.144. The number of nitro benzene ring substituents is 1. The van der Waals surface area contributed by atoms with Crippen molar-refractivity contribution in [1.29, 1.82) is 0 Å². The molecule has 2 saturated heterocycles. The van der Waals surface area contributed by atoms with E-state index in [0.717, 1.165) is 21.6 Å². The number of non-ortho nitro benzene ring substituents is 1. The van der Waals surface area contributed by atoms with Gasteiger partial charge in [0.25, 0.3) is 5.69 Å². The van der Waals surface area contributed by atoms with E-state index in [2.05, 4.69) is 0 Å². The average Bonchev–Trinajstić information content (AvgIpc) is 3.71. The van der Waals surface area contributed by atoms with Gasteiger partial charge in [0.05, 0.1) is 35.2 Å². The maximum atomic E-state index is 13.9. The number of benzene rings is 2. The van der Waals surface area contributed by atoms with Crippen LogP contribution in [0.25, 0.3) is 6.08 Å². The van der Waals surface area contributed by atoms with Gasteiger partial charge in [-0.05, 0) is 73.7 Å². The van der Waals surface area contributed by atoms with Gasteiger partial charge in [0.1, 0.15) is 30.5 Å². The van der Waals surface area contributed by atoms with Crippen LogP contribution in [0, 0.1) is 27.9 Å². The maximum Gasteiger partial charge on any atom is 0.271 e. The average molecular weight is 585 g/mol. The summed E-state index contributed by atoms with van der Waals surface area (Å²) < 4.78 is 18.1. The monoisotopic (exact) mass is 584 g/mol. The Balaban J connectivity index is 1.27. The largest absolute Gasteiger partial charge is 0.489 e. The zero-order valence-corrected chi connectivity index (χ0v) is 23.7.